The molecule has 1 saturated heterocycles. The van der Waals surface area contributed by atoms with Crippen molar-refractivity contribution in [2.75, 3.05) is 19.6 Å². The van der Waals surface area contributed by atoms with E-state index in [4.69, 9.17) is 0 Å². The summed E-state index contributed by atoms with van der Waals surface area (Å²) in [6.07, 6.45) is 6.69. The Balaban J connectivity index is 2.44. The first-order chi connectivity index (χ1) is 7.95. The van der Waals surface area contributed by atoms with Gasteiger partial charge in [0, 0.05) is 12.0 Å². The molecule has 0 saturated carbocycles. The maximum Gasteiger partial charge on any atom is 0.136 e. The summed E-state index contributed by atoms with van der Waals surface area (Å²) < 4.78 is 0. The second-order valence-corrected chi connectivity index (χ2v) is 6.30. The molecule has 1 fully saturated rings. The van der Waals surface area contributed by atoms with Crippen molar-refractivity contribution in [1.82, 2.24) is 4.90 Å². The number of carbonyl (C=O) groups is 1. The molecule has 0 aliphatic carbocycles. The Labute approximate surface area is 107 Å². The maximum absolute atomic E-state index is 11.6. The van der Waals surface area contributed by atoms with Gasteiger partial charge in [0.1, 0.15) is 5.78 Å². The van der Waals surface area contributed by atoms with Crippen molar-refractivity contribution in [2.45, 2.75) is 59.8 Å². The summed E-state index contributed by atoms with van der Waals surface area (Å²) in [4.78, 5) is 14.1. The Morgan fingerprint density at radius 3 is 2.59 bits per heavy atom. The second kappa shape index (κ2) is 6.53. The van der Waals surface area contributed by atoms with Crippen molar-refractivity contribution in [1.29, 1.82) is 0 Å². The first-order valence-electron chi connectivity index (χ1n) is 7.19. The van der Waals surface area contributed by atoms with Crippen LogP contribution in [0.4, 0.5) is 0 Å². The lowest BCUT2D eigenvalue weighted by atomic mass is 9.88. The molecule has 0 spiro atoms. The average molecular weight is 239 g/mol. The normalized spacial score (nSPS) is 23.4. The molecular weight excluding hydrogens is 210 g/mol. The molecule has 0 aromatic rings. The number of carbonyl (C=O) groups excluding carboxylic acids is 1. The van der Waals surface area contributed by atoms with E-state index >= 15 is 0 Å². The number of likely N-dealkylation sites (tertiary alicyclic amines) is 1. The van der Waals surface area contributed by atoms with Gasteiger partial charge in [0.15, 0.2) is 0 Å². The lowest BCUT2D eigenvalue weighted by molar-refractivity contribution is -0.125. The Morgan fingerprint density at radius 2 is 2.00 bits per heavy atom. The van der Waals surface area contributed by atoms with E-state index < -0.39 is 0 Å². The van der Waals surface area contributed by atoms with E-state index in [0.29, 0.717) is 5.78 Å². The summed E-state index contributed by atoms with van der Waals surface area (Å²) in [5.74, 6) is 1.23. The van der Waals surface area contributed by atoms with Gasteiger partial charge < -0.3 is 4.90 Å². The predicted molar refractivity (Wildman–Crippen MR) is 73.2 cm³/mol. The van der Waals surface area contributed by atoms with Gasteiger partial charge in [0.25, 0.3) is 0 Å². The molecule has 2 nitrogen and oxygen atoms in total. The van der Waals surface area contributed by atoms with Crippen LogP contribution in [0.3, 0.4) is 0 Å². The molecule has 1 atom stereocenters. The number of Topliss-reactive ketones (excluding diaryl/α,β-unsaturated/α-hetero) is 1. The first kappa shape index (κ1) is 14.7. The highest BCUT2D eigenvalue weighted by molar-refractivity contribution is 5.81. The van der Waals surface area contributed by atoms with Crippen molar-refractivity contribution in [2.24, 2.45) is 11.3 Å². The van der Waals surface area contributed by atoms with Crippen LogP contribution in [0, 0.1) is 11.3 Å². The maximum atomic E-state index is 11.6. The topological polar surface area (TPSA) is 20.3 Å². The lowest BCUT2D eigenvalue weighted by Gasteiger charge is -2.30. The zero-order chi connectivity index (χ0) is 12.9. The SMILES string of the molecule is CCCC1CCCN(CC(C)(C)C(C)=O)CC1. The van der Waals surface area contributed by atoms with E-state index in [1.54, 1.807) is 6.92 Å². The van der Waals surface area contributed by atoms with Crippen molar-refractivity contribution in [3.8, 4) is 0 Å². The van der Waals surface area contributed by atoms with Crippen LogP contribution in [-0.4, -0.2) is 30.3 Å². The number of ketones is 1. The highest BCUT2D eigenvalue weighted by Crippen LogP contribution is 2.25. The third-order valence-corrected chi connectivity index (χ3v) is 4.21. The van der Waals surface area contributed by atoms with Crippen LogP contribution >= 0.6 is 0 Å². The zero-order valence-electron chi connectivity index (χ0n) is 12.1. The third kappa shape index (κ3) is 4.79. The van der Waals surface area contributed by atoms with Crippen molar-refractivity contribution in [3.63, 3.8) is 0 Å². The van der Waals surface area contributed by atoms with Crippen LogP contribution in [0.5, 0.6) is 0 Å². The molecule has 0 radical (unpaired) electrons. The van der Waals surface area contributed by atoms with Crippen LogP contribution in [0.1, 0.15) is 59.8 Å². The van der Waals surface area contributed by atoms with Gasteiger partial charge in [0.2, 0.25) is 0 Å². The van der Waals surface area contributed by atoms with Crippen LogP contribution in [0.15, 0.2) is 0 Å². The molecule has 1 aliphatic rings. The van der Waals surface area contributed by atoms with Crippen LogP contribution in [0.2, 0.25) is 0 Å². The van der Waals surface area contributed by atoms with E-state index in [-0.39, 0.29) is 5.41 Å². The summed E-state index contributed by atoms with van der Waals surface area (Å²) in [7, 11) is 0. The molecule has 0 amide bonds. The minimum atomic E-state index is -0.176. The smallest absolute Gasteiger partial charge is 0.136 e. The first-order valence-corrected chi connectivity index (χ1v) is 7.19. The third-order valence-electron chi connectivity index (χ3n) is 4.21. The van der Waals surface area contributed by atoms with Gasteiger partial charge in [0.05, 0.1) is 0 Å². The quantitative estimate of drug-likeness (QED) is 0.732. The molecular formula is C15H29NO. The molecule has 1 rings (SSSR count). The van der Waals surface area contributed by atoms with Crippen LogP contribution < -0.4 is 0 Å². The molecule has 0 aromatic heterocycles. The number of rotatable bonds is 5. The summed E-state index contributed by atoms with van der Waals surface area (Å²) >= 11 is 0. The van der Waals surface area contributed by atoms with Gasteiger partial charge in [-0.05, 0) is 45.2 Å². The molecule has 1 unspecified atom stereocenters. The van der Waals surface area contributed by atoms with E-state index in [2.05, 4.69) is 25.7 Å². The average Bonchev–Trinajstić information content (AvgIpc) is 2.44. The summed E-state index contributed by atoms with van der Waals surface area (Å²) in [5, 5.41) is 0. The van der Waals surface area contributed by atoms with Crippen molar-refractivity contribution in [3.05, 3.63) is 0 Å². The van der Waals surface area contributed by atoms with Crippen LogP contribution in [0.25, 0.3) is 0 Å². The Bertz CT molecular complexity index is 247. The highest BCUT2D eigenvalue weighted by Gasteiger charge is 2.27. The number of hydrogen-bond acceptors (Lipinski definition) is 2. The number of nitrogens with zero attached hydrogens (tertiary/aromatic N) is 1. The lowest BCUT2D eigenvalue weighted by Crippen LogP contribution is -2.38. The van der Waals surface area contributed by atoms with Gasteiger partial charge in [-0.25, -0.2) is 0 Å². The minimum Gasteiger partial charge on any atom is -0.302 e. The summed E-state index contributed by atoms with van der Waals surface area (Å²) in [6, 6.07) is 0. The molecule has 0 N–H and O–H groups in total. The van der Waals surface area contributed by atoms with Crippen LogP contribution in [-0.2, 0) is 4.79 Å². The minimum absolute atomic E-state index is 0.176. The van der Waals surface area contributed by atoms with Crippen molar-refractivity contribution >= 4 is 5.78 Å². The fourth-order valence-electron chi connectivity index (χ4n) is 2.75. The Hall–Kier alpha value is -0.370. The Morgan fingerprint density at radius 1 is 1.29 bits per heavy atom. The van der Waals surface area contributed by atoms with E-state index in [1.807, 2.05) is 0 Å². The van der Waals surface area contributed by atoms with Crippen molar-refractivity contribution < 1.29 is 4.79 Å². The fourth-order valence-corrected chi connectivity index (χ4v) is 2.75. The van der Waals surface area contributed by atoms with E-state index in [1.165, 1.54) is 45.2 Å². The monoisotopic (exact) mass is 239 g/mol. The van der Waals surface area contributed by atoms with E-state index in [9.17, 15) is 4.79 Å². The summed E-state index contributed by atoms with van der Waals surface area (Å²) in [6.45, 7) is 11.4. The highest BCUT2D eigenvalue weighted by atomic mass is 16.1. The van der Waals surface area contributed by atoms with E-state index in [0.717, 1.165) is 12.5 Å². The molecule has 2 heteroatoms. The number of hydrogen-bond donors (Lipinski definition) is 0. The summed E-state index contributed by atoms with van der Waals surface area (Å²) in [5.41, 5.74) is -0.176. The molecule has 0 aromatic carbocycles. The van der Waals surface area contributed by atoms with Gasteiger partial charge in [-0.3, -0.25) is 4.79 Å². The standard InChI is InChI=1S/C15H29NO/c1-5-7-14-8-6-10-16(11-9-14)12-15(3,4)13(2)17/h14H,5-12H2,1-4H3. The van der Waals surface area contributed by atoms with Gasteiger partial charge in [-0.2, -0.15) is 0 Å². The molecule has 100 valence electrons. The molecule has 1 heterocycles. The predicted octanol–water partition coefficient (Wildman–Crippen LogP) is 3.50. The van der Waals surface area contributed by atoms with Gasteiger partial charge >= 0.3 is 0 Å². The second-order valence-electron chi connectivity index (χ2n) is 6.30. The largest absolute Gasteiger partial charge is 0.302 e. The molecule has 0 bridgehead atoms. The van der Waals surface area contributed by atoms with Gasteiger partial charge in [-0.15, -0.1) is 0 Å². The molecule has 1 aliphatic heterocycles. The zero-order valence-corrected chi connectivity index (χ0v) is 12.1. The fraction of sp³-hybridized carbons (Fsp3) is 0.933. The molecule has 17 heavy (non-hydrogen) atoms. The Kier molecular flexibility index (Phi) is 5.64. The van der Waals surface area contributed by atoms with Gasteiger partial charge in [-0.1, -0.05) is 33.6 Å².